The minimum Gasteiger partial charge on any atom is -0.489 e. The highest BCUT2D eigenvalue weighted by atomic mass is 19.1. The van der Waals surface area contributed by atoms with Gasteiger partial charge in [0, 0.05) is 12.1 Å². The first-order valence-electron chi connectivity index (χ1n) is 10.8. The van der Waals surface area contributed by atoms with E-state index in [2.05, 4.69) is 5.32 Å². The largest absolute Gasteiger partial charge is 0.489 e. The minimum atomic E-state index is -0.966. The van der Waals surface area contributed by atoms with Crippen LogP contribution in [0, 0.1) is 12.7 Å². The lowest BCUT2D eigenvalue weighted by Crippen LogP contribution is -2.30. The summed E-state index contributed by atoms with van der Waals surface area (Å²) >= 11 is 0. The van der Waals surface area contributed by atoms with Gasteiger partial charge < -0.3 is 10.1 Å². The topological polar surface area (TPSA) is 105 Å². The molecule has 0 saturated carbocycles. The number of hydrogen-bond donors (Lipinski definition) is 2. The molecule has 3 aromatic rings. The number of urea groups is 1. The molecule has 1 heterocycles. The van der Waals surface area contributed by atoms with Gasteiger partial charge in [0.25, 0.3) is 5.91 Å². The summed E-state index contributed by atoms with van der Waals surface area (Å²) < 4.78 is 18.7. The summed E-state index contributed by atoms with van der Waals surface area (Å²) in [5.41, 5.74) is 3.38. The van der Waals surface area contributed by atoms with Crippen molar-refractivity contribution in [1.82, 2.24) is 15.5 Å². The Balaban J connectivity index is 1.33. The molecule has 1 aliphatic rings. The molecule has 0 spiro atoms. The van der Waals surface area contributed by atoms with Crippen LogP contribution in [0.15, 0.2) is 66.7 Å². The highest BCUT2D eigenvalue weighted by Crippen LogP contribution is 2.17. The van der Waals surface area contributed by atoms with Crippen molar-refractivity contribution >= 4 is 23.8 Å². The standard InChI is InChI=1S/C26H22FN3O5/c1-16-2-3-19(14-30-25(33)24(32)29-26(30)34)12-22(16)23(31)28-13-17-6-10-21(11-7-17)35-15-18-4-8-20(27)9-5-18/h2-12H,13-15H2,1H3,(H,28,31)(H,29,32,34). The van der Waals surface area contributed by atoms with E-state index in [4.69, 9.17) is 4.74 Å². The Labute approximate surface area is 200 Å². The van der Waals surface area contributed by atoms with Gasteiger partial charge in [0.15, 0.2) is 0 Å². The molecule has 0 atom stereocenters. The number of imide groups is 2. The van der Waals surface area contributed by atoms with Crippen molar-refractivity contribution in [2.75, 3.05) is 0 Å². The van der Waals surface area contributed by atoms with Gasteiger partial charge in [0.05, 0.1) is 6.54 Å². The monoisotopic (exact) mass is 475 g/mol. The van der Waals surface area contributed by atoms with Crippen molar-refractivity contribution in [2.45, 2.75) is 26.6 Å². The summed E-state index contributed by atoms with van der Waals surface area (Å²) in [6.07, 6.45) is 0. The molecule has 5 amide bonds. The van der Waals surface area contributed by atoms with Crippen molar-refractivity contribution < 1.29 is 28.3 Å². The van der Waals surface area contributed by atoms with E-state index in [1.54, 1.807) is 49.4 Å². The third kappa shape index (κ3) is 5.70. The second kappa shape index (κ2) is 10.2. The van der Waals surface area contributed by atoms with Gasteiger partial charge in [0.1, 0.15) is 18.2 Å². The summed E-state index contributed by atoms with van der Waals surface area (Å²) in [4.78, 5) is 48.5. The molecule has 1 fully saturated rings. The Kier molecular flexibility index (Phi) is 6.86. The van der Waals surface area contributed by atoms with Gasteiger partial charge in [-0.1, -0.05) is 36.4 Å². The molecule has 9 heteroatoms. The van der Waals surface area contributed by atoms with Crippen molar-refractivity contribution in [3.63, 3.8) is 0 Å². The Bertz CT molecular complexity index is 1290. The lowest BCUT2D eigenvalue weighted by atomic mass is 10.0. The van der Waals surface area contributed by atoms with E-state index >= 15 is 0 Å². The maximum Gasteiger partial charge on any atom is 0.331 e. The first-order chi connectivity index (χ1) is 16.8. The van der Waals surface area contributed by atoms with Crippen LogP contribution < -0.4 is 15.4 Å². The van der Waals surface area contributed by atoms with Crippen LogP contribution in [-0.4, -0.2) is 28.7 Å². The van der Waals surface area contributed by atoms with Gasteiger partial charge in [-0.25, -0.2) is 9.18 Å². The van der Waals surface area contributed by atoms with Crippen LogP contribution >= 0.6 is 0 Å². The number of carbonyl (C=O) groups excluding carboxylic acids is 4. The molecular formula is C26H22FN3O5. The average Bonchev–Trinajstić information content (AvgIpc) is 3.09. The third-order valence-electron chi connectivity index (χ3n) is 5.49. The van der Waals surface area contributed by atoms with Crippen molar-refractivity contribution in [3.8, 4) is 5.75 Å². The summed E-state index contributed by atoms with van der Waals surface area (Å²) in [6, 6.07) is 17.6. The van der Waals surface area contributed by atoms with E-state index in [9.17, 15) is 23.6 Å². The number of halogens is 1. The maximum atomic E-state index is 13.0. The zero-order chi connectivity index (χ0) is 24.9. The molecular weight excluding hydrogens is 453 g/mol. The molecule has 4 rings (SSSR count). The molecule has 2 N–H and O–H groups in total. The van der Waals surface area contributed by atoms with Crippen LogP contribution in [-0.2, 0) is 29.3 Å². The van der Waals surface area contributed by atoms with Gasteiger partial charge in [-0.05, 0) is 59.5 Å². The predicted octanol–water partition coefficient (Wildman–Crippen LogP) is 3.22. The predicted molar refractivity (Wildman–Crippen MR) is 124 cm³/mol. The highest BCUT2D eigenvalue weighted by Gasteiger charge is 2.36. The first kappa shape index (κ1) is 23.6. The SMILES string of the molecule is Cc1ccc(CN2C(=O)NC(=O)C2=O)cc1C(=O)NCc1ccc(OCc2ccc(F)cc2)cc1. The molecule has 178 valence electrons. The lowest BCUT2D eigenvalue weighted by Gasteiger charge is -2.14. The van der Waals surface area contributed by atoms with E-state index in [0.29, 0.717) is 23.5 Å². The van der Waals surface area contributed by atoms with Crippen LogP contribution in [0.4, 0.5) is 9.18 Å². The van der Waals surface area contributed by atoms with E-state index in [-0.39, 0.29) is 24.8 Å². The number of carbonyl (C=O) groups is 4. The van der Waals surface area contributed by atoms with Gasteiger partial charge in [-0.15, -0.1) is 0 Å². The number of nitrogens with zero attached hydrogens (tertiary/aromatic N) is 1. The Morgan fingerprint density at radius 3 is 2.26 bits per heavy atom. The zero-order valence-electron chi connectivity index (χ0n) is 18.8. The van der Waals surface area contributed by atoms with Gasteiger partial charge in [-0.3, -0.25) is 24.6 Å². The van der Waals surface area contributed by atoms with Crippen LogP contribution in [0.2, 0.25) is 0 Å². The fourth-order valence-electron chi connectivity index (χ4n) is 3.50. The molecule has 1 aliphatic heterocycles. The quantitative estimate of drug-likeness (QED) is 0.385. The summed E-state index contributed by atoms with van der Waals surface area (Å²) in [6.45, 7) is 2.26. The van der Waals surface area contributed by atoms with Crippen LogP contribution in [0.5, 0.6) is 5.75 Å². The van der Waals surface area contributed by atoms with Gasteiger partial charge in [0.2, 0.25) is 0 Å². The third-order valence-corrected chi connectivity index (χ3v) is 5.49. The molecule has 8 nitrogen and oxygen atoms in total. The van der Waals surface area contributed by atoms with Crippen molar-refractivity contribution in [2.24, 2.45) is 0 Å². The number of hydrogen-bond acceptors (Lipinski definition) is 5. The minimum absolute atomic E-state index is 0.115. The Morgan fingerprint density at radius 1 is 0.943 bits per heavy atom. The molecule has 0 aromatic heterocycles. The van der Waals surface area contributed by atoms with E-state index in [0.717, 1.165) is 21.6 Å². The first-order valence-corrected chi connectivity index (χ1v) is 10.8. The maximum absolute atomic E-state index is 13.0. The Hall–Kier alpha value is -4.53. The molecule has 0 radical (unpaired) electrons. The van der Waals surface area contributed by atoms with Crippen LogP contribution in [0.3, 0.4) is 0 Å². The lowest BCUT2D eigenvalue weighted by molar-refractivity contribution is -0.140. The number of nitrogens with one attached hydrogen (secondary N) is 2. The van der Waals surface area contributed by atoms with Crippen molar-refractivity contribution in [3.05, 3.63) is 100 Å². The number of aryl methyl sites for hydroxylation is 1. The molecule has 3 aromatic carbocycles. The summed E-state index contributed by atoms with van der Waals surface area (Å²) in [5.74, 6) is -1.85. The molecule has 0 bridgehead atoms. The molecule has 1 saturated heterocycles. The van der Waals surface area contributed by atoms with Gasteiger partial charge in [-0.2, -0.15) is 0 Å². The number of ether oxygens (including phenoxy) is 1. The number of rotatable bonds is 8. The fraction of sp³-hybridized carbons (Fsp3) is 0.154. The van der Waals surface area contributed by atoms with E-state index < -0.39 is 17.8 Å². The summed E-state index contributed by atoms with van der Waals surface area (Å²) in [7, 11) is 0. The number of amides is 5. The van der Waals surface area contributed by atoms with Crippen LogP contribution in [0.1, 0.15) is 32.6 Å². The average molecular weight is 475 g/mol. The normalized spacial score (nSPS) is 13.1. The molecule has 35 heavy (non-hydrogen) atoms. The second-order valence-electron chi connectivity index (χ2n) is 8.04. The smallest absolute Gasteiger partial charge is 0.331 e. The Morgan fingerprint density at radius 2 is 1.60 bits per heavy atom. The second-order valence-corrected chi connectivity index (χ2v) is 8.04. The molecule has 0 unspecified atom stereocenters. The van der Waals surface area contributed by atoms with Gasteiger partial charge >= 0.3 is 17.8 Å². The fourth-order valence-corrected chi connectivity index (χ4v) is 3.50. The van der Waals surface area contributed by atoms with E-state index in [1.807, 2.05) is 17.4 Å². The van der Waals surface area contributed by atoms with E-state index in [1.165, 1.54) is 12.1 Å². The number of benzene rings is 3. The molecule has 0 aliphatic carbocycles. The zero-order valence-corrected chi connectivity index (χ0v) is 18.8. The summed E-state index contributed by atoms with van der Waals surface area (Å²) in [5, 5.41) is 4.80. The van der Waals surface area contributed by atoms with Crippen molar-refractivity contribution in [1.29, 1.82) is 0 Å². The highest BCUT2D eigenvalue weighted by molar-refractivity contribution is 6.44. The van der Waals surface area contributed by atoms with Crippen LogP contribution in [0.25, 0.3) is 0 Å².